The number of hydrogen-bond donors (Lipinski definition) is 1. The maximum atomic E-state index is 9.35. The van der Waals surface area contributed by atoms with Gasteiger partial charge in [-0.15, -0.1) is 0 Å². The van der Waals surface area contributed by atoms with Gasteiger partial charge in [-0.2, -0.15) is 5.26 Å². The molecule has 0 bridgehead atoms. The van der Waals surface area contributed by atoms with Crippen LogP contribution in [0.1, 0.15) is 52.9 Å². The molecule has 1 unspecified atom stereocenters. The van der Waals surface area contributed by atoms with Gasteiger partial charge in [-0.3, -0.25) is 5.32 Å². The lowest BCUT2D eigenvalue weighted by molar-refractivity contribution is 0.197. The van der Waals surface area contributed by atoms with Crippen LogP contribution in [0.25, 0.3) is 0 Å². The van der Waals surface area contributed by atoms with Crippen molar-refractivity contribution in [1.82, 2.24) is 10.2 Å². The maximum Gasteiger partial charge on any atom is 0.116 e. The highest BCUT2D eigenvalue weighted by Gasteiger charge is 2.27. The maximum absolute atomic E-state index is 9.35. The zero-order valence-electron chi connectivity index (χ0n) is 12.5. The summed E-state index contributed by atoms with van der Waals surface area (Å²) >= 11 is 0. The van der Waals surface area contributed by atoms with E-state index in [-0.39, 0.29) is 0 Å². The Labute approximate surface area is 113 Å². The minimum atomic E-state index is -0.433. The largest absolute Gasteiger partial charge is 0.303 e. The summed E-state index contributed by atoms with van der Waals surface area (Å²) in [7, 11) is 2.15. The summed E-state index contributed by atoms with van der Waals surface area (Å²) < 4.78 is 0. The first-order valence-electron chi connectivity index (χ1n) is 7.32. The molecular formula is C15H29N3. The van der Waals surface area contributed by atoms with E-state index in [0.717, 1.165) is 19.0 Å². The molecule has 1 aliphatic carbocycles. The van der Waals surface area contributed by atoms with Gasteiger partial charge in [0.05, 0.1) is 6.07 Å². The quantitative estimate of drug-likeness (QED) is 0.789. The van der Waals surface area contributed by atoms with Crippen molar-refractivity contribution in [3.63, 3.8) is 0 Å². The van der Waals surface area contributed by atoms with E-state index in [1.807, 2.05) is 6.92 Å². The molecular weight excluding hydrogens is 222 g/mol. The molecule has 0 spiro atoms. The lowest BCUT2D eigenvalue weighted by Gasteiger charge is -2.33. The number of nitriles is 1. The van der Waals surface area contributed by atoms with Crippen molar-refractivity contribution < 1.29 is 0 Å². The molecule has 1 rings (SSSR count). The lowest BCUT2D eigenvalue weighted by Crippen LogP contribution is -2.52. The van der Waals surface area contributed by atoms with E-state index < -0.39 is 5.54 Å². The van der Waals surface area contributed by atoms with Gasteiger partial charge < -0.3 is 4.90 Å². The molecule has 0 aromatic carbocycles. The van der Waals surface area contributed by atoms with E-state index in [2.05, 4.69) is 37.2 Å². The predicted molar refractivity (Wildman–Crippen MR) is 76.4 cm³/mol. The highest BCUT2D eigenvalue weighted by molar-refractivity contribution is 5.06. The molecule has 104 valence electrons. The standard InChI is InChI=1S/C15H29N3/c1-13(2)17-15(3,11-16)12-18(4)10-14-8-6-5-7-9-14/h13-14,17H,5-10,12H2,1-4H3. The van der Waals surface area contributed by atoms with Crippen LogP contribution in [-0.2, 0) is 0 Å². The smallest absolute Gasteiger partial charge is 0.116 e. The van der Waals surface area contributed by atoms with Crippen molar-refractivity contribution in [3.8, 4) is 6.07 Å². The predicted octanol–water partition coefficient (Wildman–Crippen LogP) is 2.78. The average molecular weight is 251 g/mol. The van der Waals surface area contributed by atoms with Crippen LogP contribution in [0.2, 0.25) is 0 Å². The highest BCUT2D eigenvalue weighted by Crippen LogP contribution is 2.24. The van der Waals surface area contributed by atoms with Gasteiger partial charge in [0, 0.05) is 19.1 Å². The fourth-order valence-corrected chi connectivity index (χ4v) is 3.17. The normalized spacial score (nSPS) is 20.9. The van der Waals surface area contributed by atoms with Gasteiger partial charge in [0.15, 0.2) is 0 Å². The van der Waals surface area contributed by atoms with E-state index in [1.54, 1.807) is 0 Å². The van der Waals surface area contributed by atoms with Crippen LogP contribution in [0.4, 0.5) is 0 Å². The zero-order valence-corrected chi connectivity index (χ0v) is 12.5. The van der Waals surface area contributed by atoms with Crippen LogP contribution in [-0.4, -0.2) is 36.6 Å². The van der Waals surface area contributed by atoms with Gasteiger partial charge in [0.1, 0.15) is 5.54 Å². The Morgan fingerprint density at radius 1 is 1.33 bits per heavy atom. The van der Waals surface area contributed by atoms with Crippen LogP contribution >= 0.6 is 0 Å². The van der Waals surface area contributed by atoms with Gasteiger partial charge in [-0.05, 0) is 46.6 Å². The summed E-state index contributed by atoms with van der Waals surface area (Å²) in [6.07, 6.45) is 6.91. The topological polar surface area (TPSA) is 39.1 Å². The molecule has 0 heterocycles. The fourth-order valence-electron chi connectivity index (χ4n) is 3.17. The Kier molecular flexibility index (Phi) is 6.11. The second-order valence-electron chi connectivity index (χ2n) is 6.44. The monoisotopic (exact) mass is 251 g/mol. The number of nitrogens with one attached hydrogen (secondary N) is 1. The molecule has 0 amide bonds. The summed E-state index contributed by atoms with van der Waals surface area (Å²) in [5.74, 6) is 0.839. The Bertz CT molecular complexity index is 276. The van der Waals surface area contributed by atoms with Gasteiger partial charge in [0.25, 0.3) is 0 Å². The van der Waals surface area contributed by atoms with Crippen LogP contribution < -0.4 is 5.32 Å². The highest BCUT2D eigenvalue weighted by atomic mass is 15.1. The van der Waals surface area contributed by atoms with E-state index >= 15 is 0 Å². The second kappa shape index (κ2) is 7.11. The van der Waals surface area contributed by atoms with Gasteiger partial charge >= 0.3 is 0 Å². The van der Waals surface area contributed by atoms with Gasteiger partial charge in [0.2, 0.25) is 0 Å². The molecule has 0 aliphatic heterocycles. The fraction of sp³-hybridized carbons (Fsp3) is 0.933. The van der Waals surface area contributed by atoms with E-state index in [9.17, 15) is 5.26 Å². The zero-order chi connectivity index (χ0) is 13.6. The molecule has 0 saturated heterocycles. The van der Waals surface area contributed by atoms with Crippen molar-refractivity contribution in [3.05, 3.63) is 0 Å². The van der Waals surface area contributed by atoms with Crippen molar-refractivity contribution in [1.29, 1.82) is 5.26 Å². The molecule has 0 radical (unpaired) electrons. The molecule has 1 aliphatic rings. The molecule has 1 fully saturated rings. The first kappa shape index (κ1) is 15.5. The minimum Gasteiger partial charge on any atom is -0.303 e. The molecule has 3 nitrogen and oxygen atoms in total. The average Bonchev–Trinajstić information content (AvgIpc) is 2.28. The third-order valence-corrected chi connectivity index (χ3v) is 3.73. The van der Waals surface area contributed by atoms with E-state index in [1.165, 1.54) is 32.1 Å². The second-order valence-corrected chi connectivity index (χ2v) is 6.44. The van der Waals surface area contributed by atoms with Crippen LogP contribution in [0, 0.1) is 17.2 Å². The van der Waals surface area contributed by atoms with E-state index in [4.69, 9.17) is 0 Å². The van der Waals surface area contributed by atoms with Gasteiger partial charge in [-0.1, -0.05) is 19.3 Å². The molecule has 1 N–H and O–H groups in total. The van der Waals surface area contributed by atoms with Gasteiger partial charge in [-0.25, -0.2) is 0 Å². The number of nitrogens with zero attached hydrogens (tertiary/aromatic N) is 2. The SMILES string of the molecule is CC(C)NC(C)(C#N)CN(C)CC1CCCCC1. The van der Waals surface area contributed by atoms with Crippen LogP contribution in [0.5, 0.6) is 0 Å². The molecule has 18 heavy (non-hydrogen) atoms. The van der Waals surface area contributed by atoms with Crippen molar-refractivity contribution in [2.24, 2.45) is 5.92 Å². The number of rotatable bonds is 6. The Balaban J connectivity index is 2.41. The number of hydrogen-bond acceptors (Lipinski definition) is 3. The summed E-state index contributed by atoms with van der Waals surface area (Å²) in [6, 6.07) is 2.77. The van der Waals surface area contributed by atoms with Crippen molar-refractivity contribution in [2.75, 3.05) is 20.1 Å². The van der Waals surface area contributed by atoms with Crippen molar-refractivity contribution in [2.45, 2.75) is 64.5 Å². The Morgan fingerprint density at radius 3 is 2.44 bits per heavy atom. The Hall–Kier alpha value is -0.590. The van der Waals surface area contributed by atoms with Crippen LogP contribution in [0.3, 0.4) is 0 Å². The first-order valence-corrected chi connectivity index (χ1v) is 7.32. The van der Waals surface area contributed by atoms with Crippen LogP contribution in [0.15, 0.2) is 0 Å². The third-order valence-electron chi connectivity index (χ3n) is 3.73. The third kappa shape index (κ3) is 5.37. The first-order chi connectivity index (χ1) is 8.45. The molecule has 0 aromatic rings. The van der Waals surface area contributed by atoms with E-state index in [0.29, 0.717) is 6.04 Å². The Morgan fingerprint density at radius 2 is 1.94 bits per heavy atom. The molecule has 1 atom stereocenters. The molecule has 1 saturated carbocycles. The summed E-state index contributed by atoms with van der Waals surface area (Å²) in [5.41, 5.74) is -0.433. The number of likely N-dealkylation sites (N-methyl/N-ethyl adjacent to an activating group) is 1. The van der Waals surface area contributed by atoms with Crippen molar-refractivity contribution >= 4 is 0 Å². The minimum absolute atomic E-state index is 0.345. The summed E-state index contributed by atoms with van der Waals surface area (Å²) in [6.45, 7) is 8.13. The summed E-state index contributed by atoms with van der Waals surface area (Å²) in [4.78, 5) is 2.33. The lowest BCUT2D eigenvalue weighted by atomic mass is 9.88. The molecule has 0 aromatic heterocycles. The molecule has 3 heteroatoms. The summed E-state index contributed by atoms with van der Waals surface area (Å²) in [5, 5.41) is 12.7.